The zero-order valence-corrected chi connectivity index (χ0v) is 18.4. The highest BCUT2D eigenvalue weighted by atomic mass is 19.3. The molecule has 0 spiro atoms. The maximum atomic E-state index is 12.9. The van der Waals surface area contributed by atoms with Crippen LogP contribution >= 0.6 is 0 Å². The average Bonchev–Trinajstić information content (AvgIpc) is 3.48. The van der Waals surface area contributed by atoms with Crippen molar-refractivity contribution in [3.63, 3.8) is 0 Å². The first-order valence-electron chi connectivity index (χ1n) is 11.3. The quantitative estimate of drug-likeness (QED) is 0.489. The summed E-state index contributed by atoms with van der Waals surface area (Å²) in [6.07, 6.45) is 3.54. The molecule has 0 radical (unpaired) electrons. The normalized spacial score (nSPS) is 15.7. The molecule has 0 N–H and O–H groups in total. The summed E-state index contributed by atoms with van der Waals surface area (Å²) in [4.78, 5) is 7.03. The average molecular weight is 456 g/mol. The lowest BCUT2D eigenvalue weighted by molar-refractivity contribution is -0.0504. The predicted octanol–water partition coefficient (Wildman–Crippen LogP) is 4.78. The second kappa shape index (κ2) is 9.79. The van der Waals surface area contributed by atoms with Crippen LogP contribution in [0, 0.1) is 0 Å². The van der Waals surface area contributed by atoms with Gasteiger partial charge in [0.2, 0.25) is 0 Å². The minimum Gasteiger partial charge on any atom is -0.487 e. The lowest BCUT2D eigenvalue weighted by atomic mass is 10.1. The summed E-state index contributed by atoms with van der Waals surface area (Å²) in [6, 6.07) is 14.9. The van der Waals surface area contributed by atoms with Crippen molar-refractivity contribution in [2.45, 2.75) is 45.4 Å². The first kappa shape index (κ1) is 21.7. The van der Waals surface area contributed by atoms with Crippen LogP contribution < -0.4 is 14.4 Å². The van der Waals surface area contributed by atoms with Gasteiger partial charge in [-0.25, -0.2) is 4.98 Å². The Morgan fingerprint density at radius 1 is 1.06 bits per heavy atom. The van der Waals surface area contributed by atoms with Gasteiger partial charge in [-0.2, -0.15) is 8.78 Å². The number of para-hydroxylation sites is 1. The molecule has 5 rings (SSSR count). The second-order valence-electron chi connectivity index (χ2n) is 8.28. The van der Waals surface area contributed by atoms with Crippen LogP contribution in [-0.2, 0) is 30.7 Å². The Balaban J connectivity index is 1.39. The van der Waals surface area contributed by atoms with Gasteiger partial charge >= 0.3 is 6.61 Å². The van der Waals surface area contributed by atoms with Crippen LogP contribution in [0.1, 0.15) is 35.6 Å². The fraction of sp³-hybridized carbons (Fsp3) is 0.400. The third-order valence-electron chi connectivity index (χ3n) is 6.12. The van der Waals surface area contributed by atoms with Crippen LogP contribution in [0.3, 0.4) is 0 Å². The number of aromatic nitrogens is 2. The molecule has 2 aliphatic heterocycles. The highest BCUT2D eigenvalue weighted by Gasteiger charge is 2.22. The molecule has 2 aliphatic rings. The van der Waals surface area contributed by atoms with Crippen LogP contribution in [0.5, 0.6) is 11.5 Å². The van der Waals surface area contributed by atoms with Crippen molar-refractivity contribution in [2.24, 2.45) is 0 Å². The van der Waals surface area contributed by atoms with Crippen molar-refractivity contribution in [3.05, 3.63) is 71.3 Å². The van der Waals surface area contributed by atoms with E-state index in [1.54, 1.807) is 12.1 Å². The number of alkyl halides is 2. The van der Waals surface area contributed by atoms with Crippen LogP contribution in [0.15, 0.2) is 48.5 Å². The van der Waals surface area contributed by atoms with E-state index in [9.17, 15) is 8.78 Å². The molecule has 0 saturated carbocycles. The lowest BCUT2D eigenvalue weighted by Gasteiger charge is -2.18. The van der Waals surface area contributed by atoms with Gasteiger partial charge in [-0.15, -0.1) is 0 Å². The monoisotopic (exact) mass is 455 g/mol. The summed E-state index contributed by atoms with van der Waals surface area (Å²) in [6.45, 7) is 0.503. The Morgan fingerprint density at radius 3 is 2.82 bits per heavy atom. The van der Waals surface area contributed by atoms with E-state index in [1.807, 2.05) is 36.4 Å². The molecule has 1 fully saturated rings. The highest BCUT2D eigenvalue weighted by molar-refractivity contribution is 5.51. The van der Waals surface area contributed by atoms with Gasteiger partial charge in [0.05, 0.1) is 12.3 Å². The van der Waals surface area contributed by atoms with Crippen molar-refractivity contribution in [1.82, 2.24) is 9.55 Å². The van der Waals surface area contributed by atoms with Crippen molar-refractivity contribution in [3.8, 4) is 11.5 Å². The van der Waals surface area contributed by atoms with E-state index in [0.717, 1.165) is 67.6 Å². The van der Waals surface area contributed by atoms with Gasteiger partial charge in [0.25, 0.3) is 0 Å². The van der Waals surface area contributed by atoms with Gasteiger partial charge in [-0.05, 0) is 31.0 Å². The molecule has 8 heteroatoms. The van der Waals surface area contributed by atoms with Gasteiger partial charge < -0.3 is 23.7 Å². The highest BCUT2D eigenvalue weighted by Crippen LogP contribution is 2.29. The Hall–Kier alpha value is -3.13. The van der Waals surface area contributed by atoms with Crippen LogP contribution in [0.2, 0.25) is 0 Å². The number of fused-ring (bicyclic) bond motifs is 1. The molecule has 174 valence electrons. The fourth-order valence-electron chi connectivity index (χ4n) is 4.49. The first-order valence-corrected chi connectivity index (χ1v) is 11.3. The van der Waals surface area contributed by atoms with Gasteiger partial charge in [0, 0.05) is 48.9 Å². The number of hydrogen-bond acceptors (Lipinski definition) is 5. The largest absolute Gasteiger partial charge is 0.487 e. The summed E-state index contributed by atoms with van der Waals surface area (Å²) >= 11 is 0. The zero-order chi connectivity index (χ0) is 22.6. The van der Waals surface area contributed by atoms with Crippen LogP contribution in [0.25, 0.3) is 0 Å². The third-order valence-corrected chi connectivity index (χ3v) is 6.12. The second-order valence-corrected chi connectivity index (χ2v) is 8.28. The summed E-state index contributed by atoms with van der Waals surface area (Å²) in [5.74, 6) is 1.99. The maximum absolute atomic E-state index is 12.9. The predicted molar refractivity (Wildman–Crippen MR) is 120 cm³/mol. The van der Waals surface area contributed by atoms with Crippen molar-refractivity contribution in [2.75, 3.05) is 24.8 Å². The van der Waals surface area contributed by atoms with Crippen molar-refractivity contribution < 1.29 is 23.0 Å². The van der Waals surface area contributed by atoms with Gasteiger partial charge in [0.15, 0.2) is 0 Å². The SMILES string of the molecule is FC(F)Oc1ccccc1Cc1c(COc2cccc(N3CCOC3)c2)nc2n1CCCC2. The summed E-state index contributed by atoms with van der Waals surface area (Å²) < 4.78 is 44.4. The standard InChI is InChI=1S/C25H27F2N3O3/c26-25(27)33-23-9-2-1-6-18(23)14-22-21(28-24-10-3-4-11-30(22)24)16-32-20-8-5-7-19(15-20)29-12-13-31-17-29/h1-2,5-9,15,25H,3-4,10-14,16-17H2. The van der Waals surface area contributed by atoms with Crippen LogP contribution in [-0.4, -0.2) is 36.0 Å². The van der Waals surface area contributed by atoms with Gasteiger partial charge in [-0.3, -0.25) is 0 Å². The molecule has 0 aliphatic carbocycles. The number of nitrogens with zero attached hydrogens (tertiary/aromatic N) is 3. The first-order chi connectivity index (χ1) is 16.2. The number of aryl methyl sites for hydroxylation is 1. The van der Waals surface area contributed by atoms with E-state index in [4.69, 9.17) is 19.2 Å². The minimum absolute atomic E-state index is 0.200. The zero-order valence-electron chi connectivity index (χ0n) is 18.4. The molecule has 2 aromatic carbocycles. The molecule has 0 unspecified atom stereocenters. The Labute approximate surface area is 191 Å². The van der Waals surface area contributed by atoms with E-state index < -0.39 is 6.61 Å². The summed E-state index contributed by atoms with van der Waals surface area (Å²) in [5.41, 5.74) is 3.61. The third kappa shape index (κ3) is 4.95. The molecule has 1 aromatic heterocycles. The molecule has 33 heavy (non-hydrogen) atoms. The molecule has 6 nitrogen and oxygen atoms in total. The van der Waals surface area contributed by atoms with Crippen LogP contribution in [0.4, 0.5) is 14.5 Å². The number of benzene rings is 2. The number of ether oxygens (including phenoxy) is 3. The number of halogens is 2. The summed E-state index contributed by atoms with van der Waals surface area (Å²) in [7, 11) is 0. The molecular formula is C25H27F2N3O3. The fourth-order valence-corrected chi connectivity index (χ4v) is 4.49. The molecule has 0 bridgehead atoms. The summed E-state index contributed by atoms with van der Waals surface area (Å²) in [5, 5.41) is 0. The van der Waals surface area contributed by atoms with E-state index in [1.165, 1.54) is 0 Å². The van der Waals surface area contributed by atoms with E-state index >= 15 is 0 Å². The number of rotatable bonds is 8. The molecule has 1 saturated heterocycles. The molecular weight excluding hydrogens is 428 g/mol. The topological polar surface area (TPSA) is 48.8 Å². The smallest absolute Gasteiger partial charge is 0.387 e. The number of hydrogen-bond donors (Lipinski definition) is 0. The molecule has 0 atom stereocenters. The number of anilines is 1. The molecule has 3 aromatic rings. The Bertz CT molecular complexity index is 1100. The Morgan fingerprint density at radius 2 is 1.97 bits per heavy atom. The van der Waals surface area contributed by atoms with Crippen molar-refractivity contribution in [1.29, 1.82) is 0 Å². The van der Waals surface area contributed by atoms with Crippen molar-refractivity contribution >= 4 is 5.69 Å². The lowest BCUT2D eigenvalue weighted by Crippen LogP contribution is -2.18. The van der Waals surface area contributed by atoms with E-state index in [2.05, 4.69) is 9.47 Å². The minimum atomic E-state index is -2.86. The van der Waals surface area contributed by atoms with E-state index in [0.29, 0.717) is 25.3 Å². The maximum Gasteiger partial charge on any atom is 0.387 e. The Kier molecular flexibility index (Phi) is 6.44. The molecule has 3 heterocycles. The van der Waals surface area contributed by atoms with Gasteiger partial charge in [-0.1, -0.05) is 24.3 Å². The number of imidazole rings is 1. The van der Waals surface area contributed by atoms with Gasteiger partial charge in [0.1, 0.15) is 30.7 Å². The molecule has 0 amide bonds. The van der Waals surface area contributed by atoms with E-state index in [-0.39, 0.29) is 5.75 Å².